The van der Waals surface area contributed by atoms with Gasteiger partial charge in [0.25, 0.3) is 0 Å². The molecule has 3 atom stereocenters. The fourth-order valence-electron chi connectivity index (χ4n) is 3.57. The zero-order valence-corrected chi connectivity index (χ0v) is 11.7. The van der Waals surface area contributed by atoms with Crippen molar-refractivity contribution in [1.82, 2.24) is 4.90 Å². The normalized spacial score (nSPS) is 26.7. The molecule has 2 bridgehead atoms. The van der Waals surface area contributed by atoms with E-state index >= 15 is 0 Å². The monoisotopic (exact) mass is 308 g/mol. The molecule has 2 saturated heterocycles. The maximum Gasteiger partial charge on any atom is 0.407 e. The number of pyridine rings is 1. The van der Waals surface area contributed by atoms with Crippen molar-refractivity contribution in [3.63, 3.8) is 0 Å². The number of aromatic nitrogens is 1. The standard InChI is InChI=1S/C13H16N4O5/c18-13(19)16-9-1-2-10(16)6-8(5-9)14-11-7-15(20)4-3-12(11)17(21)22/h3-4,7-10,14H,1-2,5-6H2,(H,18,19)/t8?,9-,10+. The lowest BCUT2D eigenvalue weighted by atomic mass is 9.97. The zero-order valence-electron chi connectivity index (χ0n) is 11.7. The third-order valence-electron chi connectivity index (χ3n) is 4.42. The lowest BCUT2D eigenvalue weighted by molar-refractivity contribution is -0.605. The second-order valence-corrected chi connectivity index (χ2v) is 5.75. The summed E-state index contributed by atoms with van der Waals surface area (Å²) < 4.78 is 0.510. The summed E-state index contributed by atoms with van der Waals surface area (Å²) in [6.45, 7) is 0. The van der Waals surface area contributed by atoms with E-state index in [2.05, 4.69) is 5.32 Å². The molecule has 3 rings (SSSR count). The second-order valence-electron chi connectivity index (χ2n) is 5.75. The molecule has 0 aromatic carbocycles. The van der Waals surface area contributed by atoms with E-state index in [0.29, 0.717) is 17.6 Å². The molecular weight excluding hydrogens is 292 g/mol. The van der Waals surface area contributed by atoms with Crippen LogP contribution in [-0.2, 0) is 0 Å². The fourth-order valence-corrected chi connectivity index (χ4v) is 3.57. The molecule has 1 aromatic heterocycles. The number of fused-ring (bicyclic) bond motifs is 2. The summed E-state index contributed by atoms with van der Waals surface area (Å²) in [6.07, 6.45) is 4.13. The van der Waals surface area contributed by atoms with E-state index in [1.165, 1.54) is 4.90 Å². The van der Waals surface area contributed by atoms with Gasteiger partial charge in [0.05, 0.1) is 11.0 Å². The Morgan fingerprint density at radius 2 is 2.05 bits per heavy atom. The third-order valence-corrected chi connectivity index (χ3v) is 4.42. The van der Waals surface area contributed by atoms with Gasteiger partial charge < -0.3 is 20.5 Å². The molecule has 0 radical (unpaired) electrons. The highest BCUT2D eigenvalue weighted by Crippen LogP contribution is 2.37. The number of nitrogens with zero attached hydrogens (tertiary/aromatic N) is 3. The van der Waals surface area contributed by atoms with Crippen LogP contribution in [0.3, 0.4) is 0 Å². The summed E-state index contributed by atoms with van der Waals surface area (Å²) >= 11 is 0. The Morgan fingerprint density at radius 3 is 2.59 bits per heavy atom. The second kappa shape index (κ2) is 5.32. The van der Waals surface area contributed by atoms with Gasteiger partial charge in [0.15, 0.2) is 11.9 Å². The molecule has 0 aliphatic carbocycles. The highest BCUT2D eigenvalue weighted by Gasteiger charge is 2.43. The Hall–Kier alpha value is -2.58. The first-order valence-corrected chi connectivity index (χ1v) is 7.10. The van der Waals surface area contributed by atoms with Crippen molar-refractivity contribution in [2.75, 3.05) is 5.32 Å². The van der Waals surface area contributed by atoms with Crippen LogP contribution in [0.4, 0.5) is 16.2 Å². The van der Waals surface area contributed by atoms with Crippen molar-refractivity contribution < 1.29 is 19.6 Å². The molecule has 2 fully saturated rings. The van der Waals surface area contributed by atoms with Crippen molar-refractivity contribution in [2.45, 2.75) is 43.8 Å². The molecule has 2 aliphatic rings. The number of rotatable bonds is 3. The van der Waals surface area contributed by atoms with E-state index in [0.717, 1.165) is 31.3 Å². The molecule has 9 heteroatoms. The van der Waals surface area contributed by atoms with Gasteiger partial charge >= 0.3 is 11.8 Å². The minimum Gasteiger partial charge on any atom is -0.619 e. The average Bonchev–Trinajstić information content (AvgIpc) is 2.71. The van der Waals surface area contributed by atoms with Crippen molar-refractivity contribution in [3.8, 4) is 0 Å². The minimum absolute atomic E-state index is 0.0594. The van der Waals surface area contributed by atoms with Crippen LogP contribution in [0.1, 0.15) is 25.7 Å². The maximum absolute atomic E-state index is 11.4. The Kier molecular flexibility index (Phi) is 3.47. The SMILES string of the molecule is O=C(O)N1[C@@H]2CC[C@H]1CC(Nc1c[n+]([O-])ccc1[N+](=O)[O-])C2. The molecule has 2 aliphatic heterocycles. The van der Waals surface area contributed by atoms with Gasteiger partial charge in [-0.2, -0.15) is 4.73 Å². The summed E-state index contributed by atoms with van der Waals surface area (Å²) in [5.74, 6) is 0. The Morgan fingerprint density at radius 1 is 1.41 bits per heavy atom. The van der Waals surface area contributed by atoms with E-state index < -0.39 is 11.0 Å². The molecule has 3 heterocycles. The number of amides is 1. The smallest absolute Gasteiger partial charge is 0.407 e. The molecule has 1 unspecified atom stereocenters. The first-order chi connectivity index (χ1) is 10.5. The van der Waals surface area contributed by atoms with Crippen molar-refractivity contribution in [3.05, 3.63) is 33.8 Å². The molecule has 1 aromatic rings. The number of piperidine rings is 1. The summed E-state index contributed by atoms with van der Waals surface area (Å²) in [7, 11) is 0. The molecular formula is C13H16N4O5. The van der Waals surface area contributed by atoms with Crippen molar-refractivity contribution in [1.29, 1.82) is 0 Å². The Balaban J connectivity index is 1.77. The molecule has 0 saturated carbocycles. The van der Waals surface area contributed by atoms with Crippen molar-refractivity contribution in [2.24, 2.45) is 0 Å². The predicted octanol–water partition coefficient (Wildman–Crippen LogP) is 1.31. The van der Waals surface area contributed by atoms with Crippen LogP contribution in [-0.4, -0.2) is 39.1 Å². The van der Waals surface area contributed by atoms with Crippen LogP contribution in [0, 0.1) is 15.3 Å². The van der Waals surface area contributed by atoms with Crippen LogP contribution in [0.5, 0.6) is 0 Å². The van der Waals surface area contributed by atoms with Crippen LogP contribution in [0.15, 0.2) is 18.5 Å². The predicted molar refractivity (Wildman–Crippen MR) is 75.4 cm³/mol. The minimum atomic E-state index is -0.908. The average molecular weight is 308 g/mol. The van der Waals surface area contributed by atoms with Crippen LogP contribution >= 0.6 is 0 Å². The van der Waals surface area contributed by atoms with Gasteiger partial charge in [0.1, 0.15) is 0 Å². The van der Waals surface area contributed by atoms with Gasteiger partial charge in [-0.1, -0.05) is 0 Å². The number of carbonyl (C=O) groups is 1. The van der Waals surface area contributed by atoms with Crippen molar-refractivity contribution >= 4 is 17.5 Å². The molecule has 2 N–H and O–H groups in total. The maximum atomic E-state index is 11.4. The molecule has 0 spiro atoms. The number of nitro groups is 1. The van der Waals surface area contributed by atoms with Gasteiger partial charge in [0.2, 0.25) is 6.20 Å². The lowest BCUT2D eigenvalue weighted by Crippen LogP contribution is -2.49. The number of hydrogen-bond donors (Lipinski definition) is 2. The highest BCUT2D eigenvalue weighted by atomic mass is 16.6. The number of anilines is 1. The zero-order chi connectivity index (χ0) is 15.9. The molecule has 1 amide bonds. The fraction of sp³-hybridized carbons (Fsp3) is 0.538. The van der Waals surface area contributed by atoms with Crippen LogP contribution in [0.2, 0.25) is 0 Å². The van der Waals surface area contributed by atoms with Gasteiger partial charge in [-0.25, -0.2) is 4.79 Å². The number of carboxylic acid groups (broad SMARTS) is 1. The first-order valence-electron chi connectivity index (χ1n) is 7.10. The summed E-state index contributed by atoms with van der Waals surface area (Å²) in [4.78, 5) is 23.2. The highest BCUT2D eigenvalue weighted by molar-refractivity contribution is 5.67. The van der Waals surface area contributed by atoms with E-state index in [9.17, 15) is 25.2 Å². The number of nitrogens with one attached hydrogen (secondary N) is 1. The summed E-state index contributed by atoms with van der Waals surface area (Å²) in [5.41, 5.74) is 0.0239. The van der Waals surface area contributed by atoms with E-state index in [-0.39, 0.29) is 29.5 Å². The van der Waals surface area contributed by atoms with E-state index in [1.54, 1.807) is 0 Å². The Bertz CT molecular complexity index is 608. The van der Waals surface area contributed by atoms with Crippen LogP contribution < -0.4 is 10.0 Å². The largest absolute Gasteiger partial charge is 0.619 e. The van der Waals surface area contributed by atoms with Gasteiger partial charge in [-0.05, 0) is 25.7 Å². The molecule has 118 valence electrons. The molecule has 9 nitrogen and oxygen atoms in total. The van der Waals surface area contributed by atoms with E-state index in [4.69, 9.17) is 0 Å². The lowest BCUT2D eigenvalue weighted by Gasteiger charge is -2.37. The van der Waals surface area contributed by atoms with Gasteiger partial charge in [-0.15, -0.1) is 0 Å². The topological polar surface area (TPSA) is 123 Å². The van der Waals surface area contributed by atoms with E-state index in [1.807, 2.05) is 0 Å². The Labute approximate surface area is 125 Å². The number of hydrogen-bond acceptors (Lipinski definition) is 5. The molecule has 22 heavy (non-hydrogen) atoms. The summed E-state index contributed by atoms with van der Waals surface area (Å²) in [5, 5.41) is 34.7. The van der Waals surface area contributed by atoms with Crippen LogP contribution in [0.25, 0.3) is 0 Å². The first kappa shape index (κ1) is 14.4. The van der Waals surface area contributed by atoms with Gasteiger partial charge in [0, 0.05) is 18.1 Å². The van der Waals surface area contributed by atoms with Gasteiger partial charge in [-0.3, -0.25) is 10.1 Å². The third kappa shape index (κ3) is 2.49. The summed E-state index contributed by atoms with van der Waals surface area (Å²) in [6, 6.07) is 0.969. The quantitative estimate of drug-likeness (QED) is 0.375.